The molecule has 0 heterocycles. The van der Waals surface area contributed by atoms with E-state index in [1.807, 2.05) is 18.2 Å². The Bertz CT molecular complexity index is 580. The topological polar surface area (TPSA) is 36.1 Å². The second-order valence-corrected chi connectivity index (χ2v) is 7.39. The van der Waals surface area contributed by atoms with Crippen molar-refractivity contribution in [2.45, 2.75) is 38.6 Å². The molecule has 0 radical (unpaired) electrons. The Morgan fingerprint density at radius 2 is 1.77 bits per heavy atom. The van der Waals surface area contributed by atoms with E-state index >= 15 is 0 Å². The van der Waals surface area contributed by atoms with Gasteiger partial charge >= 0.3 is 0 Å². The van der Waals surface area contributed by atoms with E-state index in [-0.39, 0.29) is 0 Å². The second kappa shape index (κ2) is 5.92. The van der Waals surface area contributed by atoms with E-state index in [0.717, 1.165) is 24.3 Å². The molecule has 2 fully saturated rings. The van der Waals surface area contributed by atoms with Crippen LogP contribution in [0.4, 0.5) is 0 Å². The lowest BCUT2D eigenvalue weighted by atomic mass is 9.60. The van der Waals surface area contributed by atoms with Gasteiger partial charge < -0.3 is 10.7 Å². The van der Waals surface area contributed by atoms with Crippen molar-refractivity contribution in [3.63, 3.8) is 0 Å². The highest BCUT2D eigenvalue weighted by atomic mass is 32.1. The summed E-state index contributed by atoms with van der Waals surface area (Å²) < 4.78 is 0. The molecule has 1 unspecified atom stereocenters. The highest BCUT2D eigenvalue weighted by Gasteiger charge is 2.41. The average molecular weight is 313 g/mol. The van der Waals surface area contributed by atoms with Gasteiger partial charge in [0.15, 0.2) is 5.11 Å². The van der Waals surface area contributed by atoms with Crippen LogP contribution in [0.1, 0.15) is 37.7 Å². The summed E-state index contributed by atoms with van der Waals surface area (Å²) in [5.41, 5.74) is 11.0. The van der Waals surface area contributed by atoms with E-state index in [1.165, 1.54) is 43.4 Å². The van der Waals surface area contributed by atoms with E-state index in [4.69, 9.17) is 12.2 Å². The number of hydrogen-bond acceptors (Lipinski definition) is 2. The lowest BCUT2D eigenvalue weighted by Crippen LogP contribution is -2.48. The van der Waals surface area contributed by atoms with E-state index in [1.54, 1.807) is 5.57 Å². The Balaban J connectivity index is 1.30. The van der Waals surface area contributed by atoms with Gasteiger partial charge in [-0.2, -0.15) is 0 Å². The number of benzene rings is 1. The zero-order chi connectivity index (χ0) is 14.9. The maximum absolute atomic E-state index is 5.38. The maximum Gasteiger partial charge on any atom is 0.185 e. The molecule has 4 aliphatic carbocycles. The largest absolute Gasteiger partial charge is 0.357 e. The van der Waals surface area contributed by atoms with Crippen LogP contribution in [0, 0.1) is 17.8 Å². The third-order valence-corrected chi connectivity index (χ3v) is 5.61. The van der Waals surface area contributed by atoms with Crippen molar-refractivity contribution in [3.8, 4) is 0 Å². The second-order valence-electron chi connectivity index (χ2n) is 6.98. The minimum atomic E-state index is 0.672. The van der Waals surface area contributed by atoms with Gasteiger partial charge in [0.25, 0.3) is 0 Å². The molecule has 3 nitrogen and oxygen atoms in total. The molecule has 3 atom stereocenters. The molecule has 0 spiro atoms. The van der Waals surface area contributed by atoms with Crippen LogP contribution in [-0.4, -0.2) is 5.11 Å². The van der Waals surface area contributed by atoms with Gasteiger partial charge in [0.2, 0.25) is 0 Å². The van der Waals surface area contributed by atoms with Crippen LogP contribution in [0.15, 0.2) is 41.6 Å². The summed E-state index contributed by atoms with van der Waals surface area (Å²) in [7, 11) is 0. The fourth-order valence-corrected chi connectivity index (χ4v) is 4.68. The molecule has 4 heteroatoms. The van der Waals surface area contributed by atoms with Gasteiger partial charge in [-0.15, -0.1) is 0 Å². The smallest absolute Gasteiger partial charge is 0.185 e. The number of nitrogens with one attached hydrogen (secondary N) is 3. The molecule has 0 amide bonds. The van der Waals surface area contributed by atoms with Gasteiger partial charge in [0, 0.05) is 18.2 Å². The first-order chi connectivity index (χ1) is 10.8. The van der Waals surface area contributed by atoms with Crippen molar-refractivity contribution in [2.24, 2.45) is 17.8 Å². The van der Waals surface area contributed by atoms with Crippen molar-refractivity contribution < 1.29 is 0 Å². The lowest BCUT2D eigenvalue weighted by molar-refractivity contribution is 0.149. The predicted octanol–water partition coefficient (Wildman–Crippen LogP) is 3.25. The van der Waals surface area contributed by atoms with E-state index in [9.17, 15) is 0 Å². The standard InChI is InChI=1S/C18H23N3S/c22-18(19-11-12-4-2-1-3-5-12)21-20-17-15-7-13-6-14(9-15)10-16(17)8-13/h1-5,13-15,20H,6-11H2,(H2,19,21,22)/t13-,14+,15?. The van der Waals surface area contributed by atoms with Crippen LogP contribution >= 0.6 is 12.2 Å². The summed E-state index contributed by atoms with van der Waals surface area (Å²) in [6.07, 6.45) is 6.82. The van der Waals surface area contributed by atoms with Crippen LogP contribution in [0.2, 0.25) is 0 Å². The predicted molar refractivity (Wildman–Crippen MR) is 92.7 cm³/mol. The zero-order valence-corrected chi connectivity index (χ0v) is 13.6. The Morgan fingerprint density at radius 1 is 1.05 bits per heavy atom. The van der Waals surface area contributed by atoms with Gasteiger partial charge in [-0.25, -0.2) is 0 Å². The summed E-state index contributed by atoms with van der Waals surface area (Å²) in [4.78, 5) is 0. The van der Waals surface area contributed by atoms with Crippen LogP contribution < -0.4 is 16.2 Å². The molecule has 0 aliphatic heterocycles. The van der Waals surface area contributed by atoms with Gasteiger partial charge in [-0.1, -0.05) is 30.3 Å². The first kappa shape index (κ1) is 14.1. The van der Waals surface area contributed by atoms with Gasteiger partial charge in [-0.05, 0) is 67.3 Å². The Labute approximate surface area is 137 Å². The number of rotatable bonds is 4. The van der Waals surface area contributed by atoms with Crippen molar-refractivity contribution in [2.75, 3.05) is 0 Å². The van der Waals surface area contributed by atoms with Gasteiger partial charge in [-0.3, -0.25) is 5.43 Å². The maximum atomic E-state index is 5.38. The first-order valence-electron chi connectivity index (χ1n) is 8.33. The number of hydrogen-bond donors (Lipinski definition) is 3. The Morgan fingerprint density at radius 3 is 2.45 bits per heavy atom. The van der Waals surface area contributed by atoms with Crippen molar-refractivity contribution in [3.05, 3.63) is 47.2 Å². The number of hydrazine groups is 1. The molecule has 2 saturated carbocycles. The minimum Gasteiger partial charge on any atom is -0.357 e. The van der Waals surface area contributed by atoms with Crippen LogP contribution in [0.3, 0.4) is 0 Å². The fourth-order valence-electron chi connectivity index (χ4n) is 4.56. The quantitative estimate of drug-likeness (QED) is 0.589. The molecule has 1 aromatic carbocycles. The van der Waals surface area contributed by atoms with Crippen molar-refractivity contribution in [1.82, 2.24) is 16.2 Å². The summed E-state index contributed by atoms with van der Waals surface area (Å²) in [5, 5.41) is 3.93. The summed E-state index contributed by atoms with van der Waals surface area (Å²) in [6.45, 7) is 0.758. The third kappa shape index (κ3) is 2.84. The molecule has 0 aromatic heterocycles. The molecule has 4 aliphatic rings. The average Bonchev–Trinajstić information content (AvgIpc) is 2.52. The summed E-state index contributed by atoms with van der Waals surface area (Å²) >= 11 is 5.38. The van der Waals surface area contributed by atoms with Crippen molar-refractivity contribution in [1.29, 1.82) is 0 Å². The zero-order valence-electron chi connectivity index (χ0n) is 12.8. The monoisotopic (exact) mass is 313 g/mol. The van der Waals surface area contributed by atoms with Crippen LogP contribution in [0.25, 0.3) is 0 Å². The SMILES string of the molecule is S=C(NCc1ccccc1)NNC1=C2C[C@@H]3CC1C[C@H](C2)C3. The van der Waals surface area contributed by atoms with Crippen molar-refractivity contribution >= 4 is 17.3 Å². The Kier molecular flexibility index (Phi) is 3.78. The molecule has 3 N–H and O–H groups in total. The molecule has 22 heavy (non-hydrogen) atoms. The molecule has 1 aromatic rings. The minimum absolute atomic E-state index is 0.672. The van der Waals surface area contributed by atoms with Crippen LogP contribution in [-0.2, 0) is 6.54 Å². The number of allylic oxidation sites excluding steroid dienone is 2. The normalized spacial score (nSPS) is 28.6. The number of thiocarbonyl (C=S) groups is 1. The van der Waals surface area contributed by atoms with E-state index in [0.29, 0.717) is 5.11 Å². The van der Waals surface area contributed by atoms with E-state index in [2.05, 4.69) is 28.3 Å². The molecule has 5 rings (SSSR count). The van der Waals surface area contributed by atoms with Gasteiger partial charge in [0.1, 0.15) is 0 Å². The first-order valence-corrected chi connectivity index (χ1v) is 8.74. The molecule has 116 valence electrons. The molecular formula is C18H23N3S. The lowest BCUT2D eigenvalue weighted by Gasteiger charge is -2.47. The highest BCUT2D eigenvalue weighted by molar-refractivity contribution is 7.80. The molecular weight excluding hydrogens is 290 g/mol. The van der Waals surface area contributed by atoms with E-state index < -0.39 is 0 Å². The fraction of sp³-hybridized carbons (Fsp3) is 0.500. The Hall–Kier alpha value is -1.55. The highest BCUT2D eigenvalue weighted by Crippen LogP contribution is 2.52. The van der Waals surface area contributed by atoms with Crippen LogP contribution in [0.5, 0.6) is 0 Å². The molecule has 4 bridgehead atoms. The molecule has 0 saturated heterocycles. The summed E-state index contributed by atoms with van der Waals surface area (Å²) in [5.74, 6) is 2.66. The van der Waals surface area contributed by atoms with Gasteiger partial charge in [0.05, 0.1) is 0 Å². The third-order valence-electron chi connectivity index (χ3n) is 5.37. The summed E-state index contributed by atoms with van der Waals surface area (Å²) in [6, 6.07) is 10.3.